The Bertz CT molecular complexity index is 1360. The number of carbonyl (C=O) groups excluding carboxylic acids is 3. The van der Waals surface area contributed by atoms with Crippen LogP contribution >= 0.6 is 0 Å². The summed E-state index contributed by atoms with van der Waals surface area (Å²) in [6.07, 6.45) is 1.32. The smallest absolute Gasteiger partial charge is 0.410 e. The molecule has 1 fully saturated rings. The van der Waals surface area contributed by atoms with E-state index in [1.165, 1.54) is 17.2 Å². The normalized spacial score (nSPS) is 15.1. The van der Waals surface area contributed by atoms with Gasteiger partial charge in [0.05, 0.1) is 36.0 Å². The van der Waals surface area contributed by atoms with Gasteiger partial charge in [0.15, 0.2) is 6.29 Å². The topological polar surface area (TPSA) is 135 Å². The van der Waals surface area contributed by atoms with Crippen LogP contribution in [0.2, 0.25) is 0 Å². The van der Waals surface area contributed by atoms with Gasteiger partial charge in [-0.1, -0.05) is 12.1 Å². The summed E-state index contributed by atoms with van der Waals surface area (Å²) in [6, 6.07) is 10.2. The van der Waals surface area contributed by atoms with Crippen molar-refractivity contribution in [2.45, 2.75) is 39.5 Å². The lowest BCUT2D eigenvalue weighted by molar-refractivity contribution is 0.102. The molecule has 35 heavy (non-hydrogen) atoms. The lowest BCUT2D eigenvalue weighted by Gasteiger charge is -2.19. The minimum Gasteiger partial charge on any atom is -0.489 e. The van der Waals surface area contributed by atoms with Crippen LogP contribution in [0.3, 0.4) is 0 Å². The van der Waals surface area contributed by atoms with E-state index in [0.717, 1.165) is 0 Å². The molecule has 1 atom stereocenters. The number of aromatic nitrogens is 2. The molecule has 0 radical (unpaired) electrons. The van der Waals surface area contributed by atoms with Gasteiger partial charge in [-0.3, -0.25) is 14.5 Å². The number of nitriles is 1. The van der Waals surface area contributed by atoms with Crippen molar-refractivity contribution in [3.63, 3.8) is 0 Å². The van der Waals surface area contributed by atoms with Gasteiger partial charge in [-0.05, 0) is 32.9 Å². The van der Waals surface area contributed by atoms with E-state index >= 15 is 0 Å². The number of nitrogens with one attached hydrogen (secondary N) is 1. The molecule has 2 amide bonds. The number of benzene rings is 1. The predicted octanol–water partition coefficient (Wildman–Crippen LogP) is 3.69. The van der Waals surface area contributed by atoms with Crippen LogP contribution in [0.5, 0.6) is 5.75 Å². The first-order valence-electron chi connectivity index (χ1n) is 11.0. The van der Waals surface area contributed by atoms with Crippen LogP contribution in [0, 0.1) is 11.3 Å². The molecule has 1 aliphatic heterocycles. The number of carbonyl (C=O) groups is 3. The third-order valence-corrected chi connectivity index (χ3v) is 5.46. The molecule has 1 aliphatic rings. The standard InChI is InChI=1S/C25H23N5O5/c1-14(2)35-21-8-22(27-10-18(21)9-26)29-24(32)19-6-4-5-16-7-17(20(12-31)28-23(16)19)11-30-15(3)13-34-25(30)33/h4-8,10,12,14-15H,11,13H2,1-3H3,(H,27,29,32). The van der Waals surface area contributed by atoms with E-state index < -0.39 is 12.0 Å². The molecular formula is C25H23N5O5. The maximum absolute atomic E-state index is 13.1. The summed E-state index contributed by atoms with van der Waals surface area (Å²) in [7, 11) is 0. The molecule has 1 N–H and O–H groups in total. The van der Waals surface area contributed by atoms with Crippen LogP contribution < -0.4 is 10.1 Å². The maximum Gasteiger partial charge on any atom is 0.410 e. The van der Waals surface area contributed by atoms with E-state index in [0.29, 0.717) is 28.5 Å². The molecule has 3 heterocycles. The summed E-state index contributed by atoms with van der Waals surface area (Å²) in [6.45, 7) is 5.97. The summed E-state index contributed by atoms with van der Waals surface area (Å²) in [5.74, 6) is 0.0268. The van der Waals surface area contributed by atoms with Gasteiger partial charge in [-0.2, -0.15) is 5.26 Å². The van der Waals surface area contributed by atoms with Gasteiger partial charge < -0.3 is 14.8 Å². The van der Waals surface area contributed by atoms with Gasteiger partial charge in [-0.25, -0.2) is 14.8 Å². The van der Waals surface area contributed by atoms with Crippen molar-refractivity contribution in [2.24, 2.45) is 0 Å². The number of nitrogens with zero attached hydrogens (tertiary/aromatic N) is 4. The molecule has 1 aromatic carbocycles. The van der Waals surface area contributed by atoms with Gasteiger partial charge in [0.25, 0.3) is 5.91 Å². The second kappa shape index (κ2) is 9.77. The zero-order valence-electron chi connectivity index (χ0n) is 19.4. The van der Waals surface area contributed by atoms with Crippen molar-refractivity contribution in [3.8, 4) is 11.8 Å². The minimum atomic E-state index is -0.489. The molecular weight excluding hydrogens is 450 g/mol. The molecule has 0 bridgehead atoms. The van der Waals surface area contributed by atoms with Crippen LogP contribution in [0.1, 0.15) is 52.7 Å². The molecule has 1 saturated heterocycles. The Balaban J connectivity index is 1.66. The van der Waals surface area contributed by atoms with Crippen LogP contribution in [0.15, 0.2) is 36.5 Å². The second-order valence-corrected chi connectivity index (χ2v) is 8.38. The van der Waals surface area contributed by atoms with Gasteiger partial charge in [0.2, 0.25) is 0 Å². The zero-order chi connectivity index (χ0) is 25.1. The highest BCUT2D eigenvalue weighted by Gasteiger charge is 2.30. The van der Waals surface area contributed by atoms with Crippen LogP contribution in [0.25, 0.3) is 10.9 Å². The number of hydrogen-bond donors (Lipinski definition) is 1. The molecule has 0 spiro atoms. The fraction of sp³-hybridized carbons (Fsp3) is 0.280. The number of aldehydes is 1. The zero-order valence-corrected chi connectivity index (χ0v) is 19.4. The monoisotopic (exact) mass is 473 g/mol. The molecule has 10 nitrogen and oxygen atoms in total. The highest BCUT2D eigenvalue weighted by Crippen LogP contribution is 2.25. The number of para-hydroxylation sites is 1. The molecule has 4 rings (SSSR count). The van der Waals surface area contributed by atoms with Crippen LogP contribution in [0.4, 0.5) is 10.6 Å². The quantitative estimate of drug-likeness (QED) is 0.513. The molecule has 3 aromatic rings. The van der Waals surface area contributed by atoms with Crippen molar-refractivity contribution >= 4 is 35.0 Å². The third kappa shape index (κ3) is 4.89. The van der Waals surface area contributed by atoms with E-state index in [9.17, 15) is 19.6 Å². The van der Waals surface area contributed by atoms with E-state index in [4.69, 9.17) is 9.47 Å². The van der Waals surface area contributed by atoms with Gasteiger partial charge >= 0.3 is 6.09 Å². The Labute approximate surface area is 201 Å². The molecule has 1 unspecified atom stereocenters. The predicted molar refractivity (Wildman–Crippen MR) is 126 cm³/mol. The first kappa shape index (κ1) is 23.6. The molecule has 0 aliphatic carbocycles. The lowest BCUT2D eigenvalue weighted by atomic mass is 10.0. The summed E-state index contributed by atoms with van der Waals surface area (Å²) in [5, 5.41) is 12.6. The number of hydrogen-bond acceptors (Lipinski definition) is 8. The summed E-state index contributed by atoms with van der Waals surface area (Å²) < 4.78 is 10.7. The van der Waals surface area contributed by atoms with Crippen molar-refractivity contribution in [1.29, 1.82) is 5.26 Å². The Morgan fingerprint density at radius 2 is 2.20 bits per heavy atom. The largest absolute Gasteiger partial charge is 0.489 e. The fourth-order valence-corrected chi connectivity index (χ4v) is 3.74. The van der Waals surface area contributed by atoms with E-state index in [1.807, 2.05) is 26.8 Å². The van der Waals surface area contributed by atoms with E-state index in [2.05, 4.69) is 15.3 Å². The SMILES string of the molecule is CC(C)Oc1cc(NC(=O)c2cccc3cc(CN4C(=O)OCC4C)c(C=O)nc23)ncc1C#N. The third-order valence-electron chi connectivity index (χ3n) is 5.46. The number of amides is 2. The molecule has 178 valence electrons. The summed E-state index contributed by atoms with van der Waals surface area (Å²) in [4.78, 5) is 47.0. The summed E-state index contributed by atoms with van der Waals surface area (Å²) in [5.41, 5.74) is 1.51. The van der Waals surface area contributed by atoms with Crippen molar-refractivity contribution in [3.05, 3.63) is 58.9 Å². The average molecular weight is 473 g/mol. The first-order chi connectivity index (χ1) is 16.8. The van der Waals surface area contributed by atoms with Crippen molar-refractivity contribution in [2.75, 3.05) is 11.9 Å². The highest BCUT2D eigenvalue weighted by molar-refractivity contribution is 6.12. The fourth-order valence-electron chi connectivity index (χ4n) is 3.74. The minimum absolute atomic E-state index is 0.126. The Kier molecular flexibility index (Phi) is 6.59. The molecule has 10 heteroatoms. The lowest BCUT2D eigenvalue weighted by Crippen LogP contribution is -2.31. The molecule has 2 aromatic heterocycles. The van der Waals surface area contributed by atoms with Crippen molar-refractivity contribution < 1.29 is 23.9 Å². The van der Waals surface area contributed by atoms with Gasteiger partial charge in [0.1, 0.15) is 35.5 Å². The van der Waals surface area contributed by atoms with Gasteiger partial charge in [-0.15, -0.1) is 0 Å². The van der Waals surface area contributed by atoms with Crippen LogP contribution in [-0.4, -0.2) is 51.9 Å². The maximum atomic E-state index is 13.1. The summed E-state index contributed by atoms with van der Waals surface area (Å²) >= 11 is 0. The van der Waals surface area contributed by atoms with E-state index in [-0.39, 0.29) is 47.9 Å². The van der Waals surface area contributed by atoms with Crippen LogP contribution in [-0.2, 0) is 11.3 Å². The highest BCUT2D eigenvalue weighted by atomic mass is 16.6. The average Bonchev–Trinajstić information content (AvgIpc) is 3.15. The Morgan fingerprint density at radius 3 is 2.86 bits per heavy atom. The number of fused-ring (bicyclic) bond motifs is 1. The Morgan fingerprint density at radius 1 is 1.40 bits per heavy atom. The first-order valence-corrected chi connectivity index (χ1v) is 11.0. The van der Waals surface area contributed by atoms with Crippen molar-refractivity contribution in [1.82, 2.24) is 14.9 Å². The number of ether oxygens (including phenoxy) is 2. The number of rotatable bonds is 7. The van der Waals surface area contributed by atoms with E-state index in [1.54, 1.807) is 24.3 Å². The molecule has 0 saturated carbocycles. The second-order valence-electron chi connectivity index (χ2n) is 8.38. The number of cyclic esters (lactones) is 1. The number of anilines is 1. The number of pyridine rings is 2. The van der Waals surface area contributed by atoms with Gasteiger partial charge in [0, 0.05) is 17.0 Å². The Hall–Kier alpha value is -4.52.